The third-order valence-electron chi connectivity index (χ3n) is 6.31. The molecule has 0 aromatic heterocycles. The molecule has 1 N–H and O–H groups in total. The number of quaternary nitrogens is 1. The second-order valence-electron chi connectivity index (χ2n) is 8.37. The Morgan fingerprint density at radius 3 is 0.923 bits per heavy atom. The van der Waals surface area contributed by atoms with Crippen LogP contribution < -0.4 is 0 Å². The maximum absolute atomic E-state index is 2.42. The van der Waals surface area contributed by atoms with E-state index in [4.69, 9.17) is 0 Å². The fourth-order valence-electron chi connectivity index (χ4n) is 4.13. The minimum atomic E-state index is 0. The molecule has 0 aliphatic rings. The van der Waals surface area contributed by atoms with Crippen molar-refractivity contribution in [1.29, 1.82) is 0 Å². The van der Waals surface area contributed by atoms with E-state index in [0.29, 0.717) is 0 Å². The van der Waals surface area contributed by atoms with Crippen LogP contribution in [-0.4, -0.2) is 36.1 Å². The van der Waals surface area contributed by atoms with E-state index in [-0.39, 0.29) is 5.48 Å². The molecule has 0 saturated carbocycles. The standard InChI is InChI=1S/C24H52N.H2O/c1-5-9-11-13-15-17-19-21-23-25(7-3,8-4)24-22-20-18-16-14-12-10-6-2;/h5-24H2,1-4H3;1H2/q+1;/p-1. The Kier molecular flexibility index (Phi) is 23.0. The Morgan fingerprint density at radius 1 is 0.385 bits per heavy atom. The average molecular weight is 372 g/mol. The Bertz CT molecular complexity index is 229. The molecule has 0 spiro atoms. The van der Waals surface area contributed by atoms with Gasteiger partial charge in [0.15, 0.2) is 0 Å². The van der Waals surface area contributed by atoms with Crippen LogP contribution in [-0.2, 0) is 0 Å². The molecular formula is C24H53NO. The predicted octanol–water partition coefficient (Wildman–Crippen LogP) is 7.95. The van der Waals surface area contributed by atoms with E-state index in [2.05, 4.69) is 27.7 Å². The Labute approximate surface area is 167 Å². The van der Waals surface area contributed by atoms with Gasteiger partial charge in [-0.05, 0) is 39.5 Å². The van der Waals surface area contributed by atoms with Crippen molar-refractivity contribution in [3.63, 3.8) is 0 Å². The molecule has 0 rings (SSSR count). The summed E-state index contributed by atoms with van der Waals surface area (Å²) in [5.41, 5.74) is 0. The number of unbranched alkanes of at least 4 members (excludes halogenated alkanes) is 14. The molecule has 0 saturated heterocycles. The highest BCUT2D eigenvalue weighted by atomic mass is 16.0. The fourth-order valence-corrected chi connectivity index (χ4v) is 4.13. The Balaban J connectivity index is 0. The summed E-state index contributed by atoms with van der Waals surface area (Å²) in [4.78, 5) is 0. The minimum Gasteiger partial charge on any atom is -0.870 e. The summed E-state index contributed by atoms with van der Waals surface area (Å²) in [6.45, 7) is 15.0. The third-order valence-corrected chi connectivity index (χ3v) is 6.31. The quantitative estimate of drug-likeness (QED) is 0.158. The first-order valence-corrected chi connectivity index (χ1v) is 12.1. The monoisotopic (exact) mass is 371 g/mol. The van der Waals surface area contributed by atoms with Gasteiger partial charge in [0.2, 0.25) is 0 Å². The molecule has 0 aliphatic heterocycles. The van der Waals surface area contributed by atoms with E-state index in [0.717, 1.165) is 0 Å². The maximum atomic E-state index is 2.42. The molecule has 0 heterocycles. The molecule has 160 valence electrons. The number of rotatable bonds is 20. The number of hydrogen-bond donors (Lipinski definition) is 0. The van der Waals surface area contributed by atoms with Crippen molar-refractivity contribution in [2.45, 2.75) is 130 Å². The lowest BCUT2D eigenvalue weighted by molar-refractivity contribution is -0.925. The summed E-state index contributed by atoms with van der Waals surface area (Å²) in [5, 5.41) is 0. The van der Waals surface area contributed by atoms with Crippen molar-refractivity contribution in [1.82, 2.24) is 0 Å². The van der Waals surface area contributed by atoms with Crippen LogP contribution in [0.2, 0.25) is 0 Å². The first kappa shape index (κ1) is 28.1. The molecule has 26 heavy (non-hydrogen) atoms. The van der Waals surface area contributed by atoms with E-state index in [1.807, 2.05) is 0 Å². The predicted molar refractivity (Wildman–Crippen MR) is 118 cm³/mol. The highest BCUT2D eigenvalue weighted by Crippen LogP contribution is 2.16. The second-order valence-corrected chi connectivity index (χ2v) is 8.37. The van der Waals surface area contributed by atoms with Gasteiger partial charge in [-0.2, -0.15) is 0 Å². The van der Waals surface area contributed by atoms with Gasteiger partial charge in [0.05, 0.1) is 26.2 Å². The van der Waals surface area contributed by atoms with Gasteiger partial charge in [0.25, 0.3) is 0 Å². The summed E-state index contributed by atoms with van der Waals surface area (Å²) in [7, 11) is 0. The van der Waals surface area contributed by atoms with Crippen molar-refractivity contribution in [3.05, 3.63) is 0 Å². The molecule has 2 heteroatoms. The van der Waals surface area contributed by atoms with Crippen LogP contribution in [0, 0.1) is 0 Å². The van der Waals surface area contributed by atoms with E-state index in [9.17, 15) is 0 Å². The molecular weight excluding hydrogens is 318 g/mol. The normalized spacial score (nSPS) is 11.5. The summed E-state index contributed by atoms with van der Waals surface area (Å²) < 4.78 is 1.38. The lowest BCUT2D eigenvalue weighted by Crippen LogP contribution is -2.49. The third kappa shape index (κ3) is 16.1. The van der Waals surface area contributed by atoms with Crippen LogP contribution in [0.5, 0.6) is 0 Å². The van der Waals surface area contributed by atoms with Crippen molar-refractivity contribution >= 4 is 0 Å². The first-order chi connectivity index (χ1) is 12.2. The summed E-state index contributed by atoms with van der Waals surface area (Å²) in [6, 6.07) is 0. The lowest BCUT2D eigenvalue weighted by atomic mass is 10.1. The zero-order chi connectivity index (χ0) is 18.6. The van der Waals surface area contributed by atoms with Gasteiger partial charge in [-0.15, -0.1) is 0 Å². The number of nitrogens with zero attached hydrogens (tertiary/aromatic N) is 1. The SMILES string of the molecule is CCCCCCCCCC[N+](CC)(CC)CCCCCCCCCC.[OH-]. The molecule has 0 amide bonds. The Morgan fingerprint density at radius 2 is 0.654 bits per heavy atom. The van der Waals surface area contributed by atoms with Crippen molar-refractivity contribution in [2.24, 2.45) is 0 Å². The molecule has 0 aromatic carbocycles. The van der Waals surface area contributed by atoms with Crippen LogP contribution in [0.15, 0.2) is 0 Å². The van der Waals surface area contributed by atoms with Gasteiger partial charge < -0.3 is 9.96 Å². The van der Waals surface area contributed by atoms with Gasteiger partial charge in [-0.1, -0.05) is 90.9 Å². The van der Waals surface area contributed by atoms with Crippen molar-refractivity contribution in [3.8, 4) is 0 Å². The molecule has 0 unspecified atom stereocenters. The summed E-state index contributed by atoms with van der Waals surface area (Å²) >= 11 is 0. The Hall–Kier alpha value is -0.0800. The molecule has 0 fully saturated rings. The van der Waals surface area contributed by atoms with Crippen LogP contribution in [0.25, 0.3) is 0 Å². The molecule has 0 aliphatic carbocycles. The summed E-state index contributed by atoms with van der Waals surface area (Å²) in [6.07, 6.45) is 23.1. The van der Waals surface area contributed by atoms with Crippen LogP contribution in [0.3, 0.4) is 0 Å². The van der Waals surface area contributed by atoms with Gasteiger partial charge >= 0.3 is 0 Å². The average Bonchev–Trinajstić information content (AvgIpc) is 2.64. The topological polar surface area (TPSA) is 30.0 Å². The van der Waals surface area contributed by atoms with E-state index in [1.165, 1.54) is 133 Å². The van der Waals surface area contributed by atoms with Gasteiger partial charge in [-0.25, -0.2) is 0 Å². The second kappa shape index (κ2) is 21.2. The highest BCUT2D eigenvalue weighted by molar-refractivity contribution is 4.50. The number of hydrogen-bond acceptors (Lipinski definition) is 1. The van der Waals surface area contributed by atoms with E-state index in [1.54, 1.807) is 0 Å². The molecule has 0 aromatic rings. The van der Waals surface area contributed by atoms with Crippen LogP contribution in [0.1, 0.15) is 130 Å². The van der Waals surface area contributed by atoms with E-state index >= 15 is 0 Å². The minimum absolute atomic E-state index is 0. The van der Waals surface area contributed by atoms with Crippen LogP contribution >= 0.6 is 0 Å². The highest BCUT2D eigenvalue weighted by Gasteiger charge is 2.21. The van der Waals surface area contributed by atoms with Crippen molar-refractivity contribution < 1.29 is 9.96 Å². The molecule has 0 atom stereocenters. The fraction of sp³-hybridized carbons (Fsp3) is 1.00. The maximum Gasteiger partial charge on any atom is 0.0786 e. The first-order valence-electron chi connectivity index (χ1n) is 12.1. The zero-order valence-corrected chi connectivity index (χ0v) is 19.0. The van der Waals surface area contributed by atoms with Gasteiger partial charge in [-0.3, -0.25) is 0 Å². The van der Waals surface area contributed by atoms with Gasteiger partial charge in [0.1, 0.15) is 0 Å². The lowest BCUT2D eigenvalue weighted by Gasteiger charge is -2.37. The van der Waals surface area contributed by atoms with Crippen molar-refractivity contribution in [2.75, 3.05) is 26.2 Å². The largest absolute Gasteiger partial charge is 0.870 e. The molecule has 2 nitrogen and oxygen atoms in total. The summed E-state index contributed by atoms with van der Waals surface area (Å²) in [5.74, 6) is 0. The smallest absolute Gasteiger partial charge is 0.0786 e. The molecule has 0 radical (unpaired) electrons. The van der Waals surface area contributed by atoms with Gasteiger partial charge in [0, 0.05) is 0 Å². The molecule has 0 bridgehead atoms. The van der Waals surface area contributed by atoms with Crippen LogP contribution in [0.4, 0.5) is 0 Å². The zero-order valence-electron chi connectivity index (χ0n) is 19.0. The van der Waals surface area contributed by atoms with E-state index < -0.39 is 0 Å².